The fraction of sp³-hybridized carbons (Fsp3) is 0.588. The number of anilines is 1. The van der Waals surface area contributed by atoms with Crippen LogP contribution in [0.5, 0.6) is 5.75 Å². The van der Waals surface area contributed by atoms with E-state index >= 15 is 0 Å². The summed E-state index contributed by atoms with van der Waals surface area (Å²) >= 11 is 0. The topological polar surface area (TPSA) is 62.9 Å². The monoisotopic (exact) mass is 356 g/mol. The molecule has 0 aromatic heterocycles. The summed E-state index contributed by atoms with van der Waals surface area (Å²) in [5.74, 6) is 0.0171. The van der Waals surface area contributed by atoms with E-state index < -0.39 is 6.36 Å². The molecule has 8 heteroatoms. The SMILES string of the molecule is NC(=NC1CC(N2CCCCC2)C1)Nc1ccc(OC(F)(F)F)cc1. The zero-order chi connectivity index (χ0) is 17.9. The van der Waals surface area contributed by atoms with Gasteiger partial charge >= 0.3 is 6.36 Å². The van der Waals surface area contributed by atoms with Crippen LogP contribution in [0.4, 0.5) is 18.9 Å². The number of piperidine rings is 1. The minimum atomic E-state index is -4.69. The summed E-state index contributed by atoms with van der Waals surface area (Å²) in [6.07, 6.45) is 1.23. The van der Waals surface area contributed by atoms with Gasteiger partial charge in [-0.25, -0.2) is 4.99 Å². The smallest absolute Gasteiger partial charge is 0.406 e. The Morgan fingerprint density at radius 1 is 1.12 bits per heavy atom. The summed E-state index contributed by atoms with van der Waals surface area (Å²) in [5.41, 5.74) is 6.47. The number of guanidine groups is 1. The van der Waals surface area contributed by atoms with Crippen LogP contribution >= 0.6 is 0 Å². The first kappa shape index (κ1) is 17.8. The van der Waals surface area contributed by atoms with Crippen LogP contribution in [0.1, 0.15) is 32.1 Å². The Morgan fingerprint density at radius 3 is 2.36 bits per heavy atom. The third kappa shape index (κ3) is 5.26. The minimum absolute atomic E-state index is 0.215. The second-order valence-corrected chi connectivity index (χ2v) is 6.59. The van der Waals surface area contributed by atoms with Gasteiger partial charge in [0.2, 0.25) is 0 Å². The lowest BCUT2D eigenvalue weighted by atomic mass is 9.85. The van der Waals surface area contributed by atoms with E-state index in [1.54, 1.807) is 0 Å². The van der Waals surface area contributed by atoms with Crippen molar-refractivity contribution in [3.63, 3.8) is 0 Å². The number of alkyl halides is 3. The molecule has 3 rings (SSSR count). The molecule has 3 N–H and O–H groups in total. The fourth-order valence-electron chi connectivity index (χ4n) is 3.36. The van der Waals surface area contributed by atoms with Crippen molar-refractivity contribution in [3.8, 4) is 5.75 Å². The van der Waals surface area contributed by atoms with E-state index in [2.05, 4.69) is 19.9 Å². The van der Waals surface area contributed by atoms with E-state index in [9.17, 15) is 13.2 Å². The zero-order valence-corrected chi connectivity index (χ0v) is 13.9. The molecular weight excluding hydrogens is 333 g/mol. The number of rotatable bonds is 4. The average molecular weight is 356 g/mol. The van der Waals surface area contributed by atoms with Crippen LogP contribution in [0.3, 0.4) is 0 Å². The number of halogens is 3. The van der Waals surface area contributed by atoms with Crippen LogP contribution in [-0.2, 0) is 0 Å². The molecule has 0 radical (unpaired) electrons. The normalized spacial score (nSPS) is 25.3. The molecule has 25 heavy (non-hydrogen) atoms. The molecule has 1 saturated carbocycles. The van der Waals surface area contributed by atoms with Crippen LogP contribution in [0, 0.1) is 0 Å². The number of nitrogens with one attached hydrogen (secondary N) is 1. The molecule has 138 valence electrons. The summed E-state index contributed by atoms with van der Waals surface area (Å²) in [6, 6.07) is 6.24. The maximum absolute atomic E-state index is 12.1. The number of aliphatic imine (C=N–C) groups is 1. The van der Waals surface area contributed by atoms with E-state index in [0.29, 0.717) is 11.7 Å². The van der Waals surface area contributed by atoms with Gasteiger partial charge in [0, 0.05) is 11.7 Å². The molecule has 1 heterocycles. The molecule has 1 aliphatic carbocycles. The summed E-state index contributed by atoms with van der Waals surface area (Å²) in [4.78, 5) is 6.99. The molecule has 1 aromatic carbocycles. The maximum atomic E-state index is 12.1. The second-order valence-electron chi connectivity index (χ2n) is 6.59. The number of nitrogens with two attached hydrogens (primary N) is 1. The number of nitrogens with zero attached hydrogens (tertiary/aromatic N) is 2. The van der Waals surface area contributed by atoms with Gasteiger partial charge in [-0.1, -0.05) is 6.42 Å². The van der Waals surface area contributed by atoms with Gasteiger partial charge in [0.05, 0.1) is 6.04 Å². The minimum Gasteiger partial charge on any atom is -0.406 e. The number of hydrogen-bond acceptors (Lipinski definition) is 3. The molecule has 1 aromatic rings. The van der Waals surface area contributed by atoms with Crippen LogP contribution < -0.4 is 15.8 Å². The Hall–Kier alpha value is -1.96. The van der Waals surface area contributed by atoms with Crippen molar-refractivity contribution in [2.45, 2.75) is 50.6 Å². The van der Waals surface area contributed by atoms with Crippen molar-refractivity contribution in [2.75, 3.05) is 18.4 Å². The van der Waals surface area contributed by atoms with Crippen LogP contribution in [-0.4, -0.2) is 42.4 Å². The van der Waals surface area contributed by atoms with Gasteiger partial charge in [0.1, 0.15) is 5.75 Å². The standard InChI is InChI=1S/C17H23F3N4O/c18-17(19,20)25-15-6-4-12(5-7-15)22-16(21)23-13-10-14(11-13)24-8-2-1-3-9-24/h4-7,13-14H,1-3,8-11H2,(H3,21,22,23). The van der Waals surface area contributed by atoms with Gasteiger partial charge < -0.3 is 20.7 Å². The summed E-state index contributed by atoms with van der Waals surface area (Å²) < 4.78 is 40.2. The first-order valence-corrected chi connectivity index (χ1v) is 8.59. The average Bonchev–Trinajstić information content (AvgIpc) is 2.52. The third-order valence-corrected chi connectivity index (χ3v) is 4.68. The molecule has 5 nitrogen and oxygen atoms in total. The summed E-state index contributed by atoms with van der Waals surface area (Å²) in [6.45, 7) is 2.36. The van der Waals surface area contributed by atoms with Gasteiger partial charge in [0.25, 0.3) is 0 Å². The molecular formula is C17H23F3N4O. The molecule has 1 saturated heterocycles. The van der Waals surface area contributed by atoms with Crippen molar-refractivity contribution in [1.29, 1.82) is 0 Å². The largest absolute Gasteiger partial charge is 0.573 e. The highest BCUT2D eigenvalue weighted by molar-refractivity contribution is 5.92. The van der Waals surface area contributed by atoms with Gasteiger partial charge in [-0.05, 0) is 63.0 Å². The lowest BCUT2D eigenvalue weighted by Gasteiger charge is -2.43. The number of hydrogen-bond donors (Lipinski definition) is 2. The van der Waals surface area contributed by atoms with Crippen molar-refractivity contribution in [2.24, 2.45) is 10.7 Å². The first-order chi connectivity index (χ1) is 11.9. The Balaban J connectivity index is 1.46. The van der Waals surface area contributed by atoms with Crippen LogP contribution in [0.2, 0.25) is 0 Å². The molecule has 0 unspecified atom stereocenters. The molecule has 1 aliphatic heterocycles. The van der Waals surface area contributed by atoms with Gasteiger partial charge in [-0.3, -0.25) is 0 Å². The van der Waals surface area contributed by atoms with Gasteiger partial charge in [0.15, 0.2) is 5.96 Å². The van der Waals surface area contributed by atoms with Crippen molar-refractivity contribution in [3.05, 3.63) is 24.3 Å². The first-order valence-electron chi connectivity index (χ1n) is 8.59. The highest BCUT2D eigenvalue weighted by Crippen LogP contribution is 2.30. The molecule has 2 aliphatic rings. The Bertz CT molecular complexity index is 591. The Morgan fingerprint density at radius 2 is 1.76 bits per heavy atom. The highest BCUT2D eigenvalue weighted by Gasteiger charge is 2.34. The number of likely N-dealkylation sites (tertiary alicyclic amines) is 1. The van der Waals surface area contributed by atoms with E-state index in [1.807, 2.05) is 0 Å². The van der Waals surface area contributed by atoms with Crippen LogP contribution in [0.25, 0.3) is 0 Å². The van der Waals surface area contributed by atoms with E-state index in [1.165, 1.54) is 56.6 Å². The molecule has 2 fully saturated rings. The van der Waals surface area contributed by atoms with E-state index in [-0.39, 0.29) is 17.8 Å². The van der Waals surface area contributed by atoms with Crippen molar-refractivity contribution < 1.29 is 17.9 Å². The Kier molecular flexibility index (Phi) is 5.36. The molecule has 0 atom stereocenters. The van der Waals surface area contributed by atoms with Crippen LogP contribution in [0.15, 0.2) is 29.3 Å². The second kappa shape index (κ2) is 7.51. The molecule has 0 amide bonds. The fourth-order valence-corrected chi connectivity index (χ4v) is 3.36. The lowest BCUT2D eigenvalue weighted by Crippen LogP contribution is -2.49. The molecule has 0 bridgehead atoms. The third-order valence-electron chi connectivity index (χ3n) is 4.68. The highest BCUT2D eigenvalue weighted by atomic mass is 19.4. The van der Waals surface area contributed by atoms with E-state index in [0.717, 1.165) is 12.8 Å². The zero-order valence-electron chi connectivity index (χ0n) is 13.9. The number of benzene rings is 1. The van der Waals surface area contributed by atoms with E-state index in [4.69, 9.17) is 5.73 Å². The molecule has 0 spiro atoms. The van der Waals surface area contributed by atoms with Crippen molar-refractivity contribution >= 4 is 11.6 Å². The lowest BCUT2D eigenvalue weighted by molar-refractivity contribution is -0.274. The quantitative estimate of drug-likeness (QED) is 0.642. The number of ether oxygens (including phenoxy) is 1. The van der Waals surface area contributed by atoms with Gasteiger partial charge in [-0.2, -0.15) is 0 Å². The predicted octanol–water partition coefficient (Wildman–Crippen LogP) is 3.33. The van der Waals surface area contributed by atoms with Crippen molar-refractivity contribution in [1.82, 2.24) is 4.90 Å². The Labute approximate surface area is 145 Å². The predicted molar refractivity (Wildman–Crippen MR) is 90.6 cm³/mol. The maximum Gasteiger partial charge on any atom is 0.573 e. The van der Waals surface area contributed by atoms with Gasteiger partial charge in [-0.15, -0.1) is 13.2 Å². The summed E-state index contributed by atoms with van der Waals surface area (Å²) in [7, 11) is 0. The summed E-state index contributed by atoms with van der Waals surface area (Å²) in [5, 5.41) is 2.90.